The normalized spacial score (nSPS) is 29.0. The number of pyridine rings is 1. The maximum absolute atomic E-state index is 13.0. The lowest BCUT2D eigenvalue weighted by Gasteiger charge is -2.56. The summed E-state index contributed by atoms with van der Waals surface area (Å²) in [5.74, 6) is 2.05. The number of carbonyl (C=O) groups excluding carboxylic acids is 1. The van der Waals surface area contributed by atoms with E-state index in [0.29, 0.717) is 6.54 Å². The zero-order valence-electron chi connectivity index (χ0n) is 18.8. The zero-order valence-corrected chi connectivity index (χ0v) is 18.8. The molecule has 4 aliphatic carbocycles. The van der Waals surface area contributed by atoms with Crippen LogP contribution in [-0.2, 0) is 13.1 Å². The quantitative estimate of drug-likeness (QED) is 0.666. The molecular formula is C24H33N5O2. The smallest absolute Gasteiger partial charge is 0.261 e. The predicted molar refractivity (Wildman–Crippen MR) is 119 cm³/mol. The van der Waals surface area contributed by atoms with Crippen molar-refractivity contribution in [3.8, 4) is 0 Å². The summed E-state index contributed by atoms with van der Waals surface area (Å²) < 4.78 is 0. The van der Waals surface area contributed by atoms with Crippen LogP contribution in [0.1, 0.15) is 71.5 Å². The molecule has 0 atom stereocenters. The molecule has 0 radical (unpaired) electrons. The summed E-state index contributed by atoms with van der Waals surface area (Å²) in [6.45, 7) is 5.34. The second-order valence-electron chi connectivity index (χ2n) is 10.5. The summed E-state index contributed by atoms with van der Waals surface area (Å²) >= 11 is 0. The number of hydrogen-bond acceptors (Lipinski definition) is 4. The largest absolute Gasteiger partial charge is 0.346 e. The molecule has 0 saturated heterocycles. The fourth-order valence-corrected chi connectivity index (χ4v) is 6.78. The Kier molecular flexibility index (Phi) is 5.04. The molecule has 0 spiro atoms. The molecule has 7 heteroatoms. The number of hydrogen-bond donors (Lipinski definition) is 3. The Morgan fingerprint density at radius 1 is 1.13 bits per heavy atom. The lowest BCUT2D eigenvalue weighted by molar-refractivity contribution is -0.0167. The molecule has 4 saturated carbocycles. The van der Waals surface area contributed by atoms with Crippen LogP contribution in [0.25, 0.3) is 0 Å². The molecule has 2 aromatic heterocycles. The van der Waals surface area contributed by atoms with Gasteiger partial charge in [-0.05, 0) is 89.3 Å². The molecule has 3 N–H and O–H groups in total. The molecule has 4 fully saturated rings. The molecule has 2 heterocycles. The Morgan fingerprint density at radius 2 is 1.77 bits per heavy atom. The zero-order chi connectivity index (χ0) is 21.8. The van der Waals surface area contributed by atoms with Crippen molar-refractivity contribution in [2.24, 2.45) is 17.8 Å². The van der Waals surface area contributed by atoms with Gasteiger partial charge in [0.15, 0.2) is 0 Å². The van der Waals surface area contributed by atoms with Crippen LogP contribution in [0, 0.1) is 31.6 Å². The number of aromatic nitrogens is 3. The predicted octanol–water partition coefficient (Wildman–Crippen LogP) is 3.05. The fraction of sp³-hybridized carbons (Fsp3) is 0.625. The summed E-state index contributed by atoms with van der Waals surface area (Å²) in [6, 6.07) is 3.55. The van der Waals surface area contributed by atoms with Crippen LogP contribution in [0.3, 0.4) is 0 Å². The number of nitrogens with one attached hydrogen (secondary N) is 3. The minimum Gasteiger partial charge on any atom is -0.346 e. The topological polar surface area (TPSA) is 93.9 Å². The number of carbonyl (C=O) groups is 1. The number of H-pyrrole nitrogens is 2. The third-order valence-electron chi connectivity index (χ3n) is 7.78. The van der Waals surface area contributed by atoms with Gasteiger partial charge in [-0.2, -0.15) is 5.10 Å². The fourth-order valence-electron chi connectivity index (χ4n) is 6.78. The van der Waals surface area contributed by atoms with Crippen LogP contribution in [-0.4, -0.2) is 38.6 Å². The number of aryl methyl sites for hydroxylation is 2. The van der Waals surface area contributed by atoms with Gasteiger partial charge in [0.1, 0.15) is 5.56 Å². The van der Waals surface area contributed by atoms with E-state index in [0.717, 1.165) is 60.6 Å². The Bertz CT molecular complexity index is 998. The average Bonchev–Trinajstić information content (AvgIpc) is 2.98. The molecule has 4 aliphatic rings. The van der Waals surface area contributed by atoms with Crippen LogP contribution in [0.15, 0.2) is 16.9 Å². The molecule has 31 heavy (non-hydrogen) atoms. The van der Waals surface area contributed by atoms with E-state index in [1.807, 2.05) is 27.0 Å². The van der Waals surface area contributed by atoms with Crippen LogP contribution in [0.5, 0.6) is 0 Å². The van der Waals surface area contributed by atoms with Gasteiger partial charge in [0.05, 0.1) is 5.69 Å². The van der Waals surface area contributed by atoms with Gasteiger partial charge in [-0.25, -0.2) is 0 Å². The molecule has 1 amide bonds. The monoisotopic (exact) mass is 423 g/mol. The molecule has 0 unspecified atom stereocenters. The third kappa shape index (κ3) is 3.95. The lowest BCUT2D eigenvalue weighted by Crippen LogP contribution is -2.60. The van der Waals surface area contributed by atoms with Crippen molar-refractivity contribution in [3.05, 3.63) is 50.7 Å². The molecular weight excluding hydrogens is 390 g/mol. The van der Waals surface area contributed by atoms with Crippen LogP contribution in [0.2, 0.25) is 0 Å². The van der Waals surface area contributed by atoms with Crippen molar-refractivity contribution in [2.75, 3.05) is 7.05 Å². The maximum Gasteiger partial charge on any atom is 0.261 e. The number of amides is 1. The standard InChI is InChI=1S/C24H33N5O2/c1-14-21(15(2)28-27-14)13-29(3)12-19-4-5-20(22(30)25-19)23(31)26-24-9-16-6-17(10-24)8-18(7-16)11-24/h4-5,16-18H,6-13H2,1-3H3,(H,25,30)(H,26,31)(H,27,28). The van der Waals surface area contributed by atoms with Crippen LogP contribution >= 0.6 is 0 Å². The second kappa shape index (κ2) is 7.62. The van der Waals surface area contributed by atoms with Gasteiger partial charge >= 0.3 is 0 Å². The van der Waals surface area contributed by atoms with Gasteiger partial charge in [-0.1, -0.05) is 0 Å². The van der Waals surface area contributed by atoms with E-state index >= 15 is 0 Å². The molecule has 2 aromatic rings. The van der Waals surface area contributed by atoms with E-state index in [-0.39, 0.29) is 22.6 Å². The highest BCUT2D eigenvalue weighted by Gasteiger charge is 2.51. The van der Waals surface area contributed by atoms with Crippen molar-refractivity contribution < 1.29 is 4.79 Å². The highest BCUT2D eigenvalue weighted by Crippen LogP contribution is 2.55. The Labute approximate surface area is 183 Å². The van der Waals surface area contributed by atoms with Crippen molar-refractivity contribution in [2.45, 2.75) is 71.0 Å². The van der Waals surface area contributed by atoms with Crippen molar-refractivity contribution in [1.82, 2.24) is 25.4 Å². The van der Waals surface area contributed by atoms with E-state index in [4.69, 9.17) is 0 Å². The number of rotatable bonds is 6. The van der Waals surface area contributed by atoms with Crippen molar-refractivity contribution in [1.29, 1.82) is 0 Å². The van der Waals surface area contributed by atoms with Gasteiger partial charge in [-0.3, -0.25) is 19.6 Å². The van der Waals surface area contributed by atoms with E-state index in [2.05, 4.69) is 25.4 Å². The van der Waals surface area contributed by atoms with E-state index < -0.39 is 0 Å². The first-order valence-electron chi connectivity index (χ1n) is 11.5. The first kappa shape index (κ1) is 20.5. The summed E-state index contributed by atoms with van der Waals surface area (Å²) in [5.41, 5.74) is 3.88. The molecule has 6 rings (SSSR count). The lowest BCUT2D eigenvalue weighted by atomic mass is 9.53. The molecule has 7 nitrogen and oxygen atoms in total. The summed E-state index contributed by atoms with van der Waals surface area (Å²) in [6.07, 6.45) is 7.23. The molecule has 4 bridgehead atoms. The highest BCUT2D eigenvalue weighted by atomic mass is 16.2. The van der Waals surface area contributed by atoms with Crippen LogP contribution in [0.4, 0.5) is 0 Å². The first-order chi connectivity index (χ1) is 14.8. The average molecular weight is 424 g/mol. The first-order valence-corrected chi connectivity index (χ1v) is 11.5. The number of nitrogens with zero attached hydrogens (tertiary/aromatic N) is 2. The second-order valence-corrected chi connectivity index (χ2v) is 10.5. The van der Waals surface area contributed by atoms with E-state index in [1.54, 1.807) is 6.07 Å². The van der Waals surface area contributed by atoms with Gasteiger partial charge in [-0.15, -0.1) is 0 Å². The minimum absolute atomic E-state index is 0.0858. The summed E-state index contributed by atoms with van der Waals surface area (Å²) in [5, 5.41) is 10.6. The van der Waals surface area contributed by atoms with Crippen LogP contribution < -0.4 is 10.9 Å². The van der Waals surface area contributed by atoms with Gasteiger partial charge in [0.25, 0.3) is 11.5 Å². The Morgan fingerprint density at radius 3 is 2.32 bits per heavy atom. The third-order valence-corrected chi connectivity index (χ3v) is 7.78. The number of aromatic amines is 2. The molecule has 166 valence electrons. The minimum atomic E-state index is -0.302. The Balaban J connectivity index is 1.25. The van der Waals surface area contributed by atoms with E-state index in [9.17, 15) is 9.59 Å². The SMILES string of the molecule is Cc1n[nH]c(C)c1CN(C)Cc1ccc(C(=O)NC23CC4CC(CC(C4)C2)C3)c(=O)[nH]1. The Hall–Kier alpha value is -2.41. The highest BCUT2D eigenvalue weighted by molar-refractivity contribution is 5.94. The molecule has 0 aromatic carbocycles. The van der Waals surface area contributed by atoms with Crippen molar-refractivity contribution in [3.63, 3.8) is 0 Å². The van der Waals surface area contributed by atoms with Gasteiger partial charge < -0.3 is 10.3 Å². The molecule has 0 aliphatic heterocycles. The van der Waals surface area contributed by atoms with Crippen molar-refractivity contribution >= 4 is 5.91 Å². The summed E-state index contributed by atoms with van der Waals surface area (Å²) in [4.78, 5) is 30.8. The summed E-state index contributed by atoms with van der Waals surface area (Å²) in [7, 11) is 2.01. The van der Waals surface area contributed by atoms with E-state index in [1.165, 1.54) is 24.8 Å². The van der Waals surface area contributed by atoms with Gasteiger partial charge in [0.2, 0.25) is 0 Å². The van der Waals surface area contributed by atoms with Gasteiger partial charge in [0, 0.05) is 35.6 Å². The maximum atomic E-state index is 13.0.